The molecule has 0 aromatic heterocycles. The minimum absolute atomic E-state index is 0.0822. The predicted octanol–water partition coefficient (Wildman–Crippen LogP) is 0.943. The third-order valence-electron chi connectivity index (χ3n) is 2.71. The molecule has 60 valence electrons. The first-order valence-electron chi connectivity index (χ1n) is 3.90. The summed E-state index contributed by atoms with van der Waals surface area (Å²) in [5.41, 5.74) is 1.03. The molecule has 2 rings (SSSR count). The highest BCUT2D eigenvalue weighted by molar-refractivity contribution is 5.78. The standard InChI is InChI=1S/C8H11NO2/c1-5-6-2-3-7(5)9(11)8(10)4-6/h6-7,11H,1-4H2. The van der Waals surface area contributed by atoms with E-state index < -0.39 is 0 Å². The zero-order valence-electron chi connectivity index (χ0n) is 6.29. The van der Waals surface area contributed by atoms with Crippen LogP contribution in [0.15, 0.2) is 12.2 Å². The maximum absolute atomic E-state index is 11.0. The van der Waals surface area contributed by atoms with Crippen LogP contribution in [0, 0.1) is 5.92 Å². The van der Waals surface area contributed by atoms with Crippen LogP contribution in [0.2, 0.25) is 0 Å². The molecule has 1 aliphatic heterocycles. The Morgan fingerprint density at radius 2 is 2.27 bits per heavy atom. The van der Waals surface area contributed by atoms with Crippen molar-refractivity contribution in [1.82, 2.24) is 5.06 Å². The van der Waals surface area contributed by atoms with Crippen LogP contribution in [0.5, 0.6) is 0 Å². The summed E-state index contributed by atoms with van der Waals surface area (Å²) in [5.74, 6) is 0.195. The average Bonchev–Trinajstić information content (AvgIpc) is 2.23. The molecular weight excluding hydrogens is 142 g/mol. The zero-order chi connectivity index (χ0) is 8.01. The van der Waals surface area contributed by atoms with Crippen molar-refractivity contribution in [3.63, 3.8) is 0 Å². The molecule has 2 fully saturated rings. The lowest BCUT2D eigenvalue weighted by Crippen LogP contribution is -2.41. The van der Waals surface area contributed by atoms with Crippen molar-refractivity contribution < 1.29 is 10.0 Å². The number of hydrogen-bond acceptors (Lipinski definition) is 2. The Morgan fingerprint density at radius 3 is 3.00 bits per heavy atom. The number of carbonyl (C=O) groups excluding carboxylic acids is 1. The fraction of sp³-hybridized carbons (Fsp3) is 0.625. The lowest BCUT2D eigenvalue weighted by molar-refractivity contribution is -0.174. The van der Waals surface area contributed by atoms with Gasteiger partial charge in [0.25, 0.3) is 0 Å². The van der Waals surface area contributed by atoms with Crippen LogP contribution in [0.25, 0.3) is 0 Å². The van der Waals surface area contributed by atoms with E-state index in [1.54, 1.807) is 0 Å². The molecule has 1 aliphatic carbocycles. The Hall–Kier alpha value is -0.830. The van der Waals surface area contributed by atoms with E-state index in [2.05, 4.69) is 6.58 Å². The smallest absolute Gasteiger partial charge is 0.247 e. The number of piperidine rings is 1. The minimum Gasteiger partial charge on any atom is -0.285 e. The Balaban J connectivity index is 2.29. The van der Waals surface area contributed by atoms with Crippen LogP contribution >= 0.6 is 0 Å². The second-order valence-corrected chi connectivity index (χ2v) is 3.31. The van der Waals surface area contributed by atoms with E-state index in [9.17, 15) is 10.0 Å². The number of nitrogens with zero attached hydrogens (tertiary/aromatic N) is 1. The second-order valence-electron chi connectivity index (χ2n) is 3.31. The monoisotopic (exact) mass is 153 g/mol. The fourth-order valence-corrected chi connectivity index (χ4v) is 1.99. The maximum atomic E-state index is 11.0. The van der Waals surface area contributed by atoms with Gasteiger partial charge in [0.1, 0.15) is 0 Å². The van der Waals surface area contributed by atoms with Crippen LogP contribution in [0.3, 0.4) is 0 Å². The Bertz CT molecular complexity index is 224. The van der Waals surface area contributed by atoms with E-state index in [0.29, 0.717) is 12.3 Å². The predicted molar refractivity (Wildman–Crippen MR) is 38.9 cm³/mol. The number of rotatable bonds is 0. The van der Waals surface area contributed by atoms with Crippen molar-refractivity contribution in [2.45, 2.75) is 25.3 Å². The Labute approximate surface area is 65.3 Å². The molecule has 1 saturated heterocycles. The topological polar surface area (TPSA) is 40.5 Å². The van der Waals surface area contributed by atoms with Gasteiger partial charge in [-0.1, -0.05) is 6.58 Å². The van der Waals surface area contributed by atoms with Crippen LogP contribution in [-0.2, 0) is 4.79 Å². The molecular formula is C8H11NO2. The Kier molecular flexibility index (Phi) is 1.29. The summed E-state index contributed by atoms with van der Waals surface area (Å²) in [7, 11) is 0. The van der Waals surface area contributed by atoms with Crippen molar-refractivity contribution in [2.24, 2.45) is 5.92 Å². The van der Waals surface area contributed by atoms with Crippen molar-refractivity contribution in [1.29, 1.82) is 0 Å². The lowest BCUT2D eigenvalue weighted by Gasteiger charge is -2.29. The van der Waals surface area contributed by atoms with Gasteiger partial charge in [-0.15, -0.1) is 0 Å². The normalized spacial score (nSPS) is 36.6. The van der Waals surface area contributed by atoms with Crippen LogP contribution in [-0.4, -0.2) is 22.2 Å². The van der Waals surface area contributed by atoms with Gasteiger partial charge in [0.05, 0.1) is 6.04 Å². The summed E-state index contributed by atoms with van der Waals surface area (Å²) >= 11 is 0. The highest BCUT2D eigenvalue weighted by atomic mass is 16.5. The number of carbonyl (C=O) groups is 1. The Morgan fingerprint density at radius 1 is 1.55 bits per heavy atom. The van der Waals surface area contributed by atoms with Gasteiger partial charge in [0.15, 0.2) is 0 Å². The summed E-state index contributed by atoms with van der Waals surface area (Å²) in [6.45, 7) is 3.87. The first-order valence-corrected chi connectivity index (χ1v) is 3.90. The third kappa shape index (κ3) is 0.807. The van der Waals surface area contributed by atoms with E-state index in [1.165, 1.54) is 0 Å². The second kappa shape index (κ2) is 2.08. The van der Waals surface area contributed by atoms with E-state index >= 15 is 0 Å². The molecule has 2 atom stereocenters. The quantitative estimate of drug-likeness (QED) is 0.415. The molecule has 2 unspecified atom stereocenters. The largest absolute Gasteiger partial charge is 0.285 e. The maximum Gasteiger partial charge on any atom is 0.247 e. The summed E-state index contributed by atoms with van der Waals surface area (Å²) in [6.07, 6.45) is 2.34. The van der Waals surface area contributed by atoms with Crippen molar-refractivity contribution in [2.75, 3.05) is 0 Å². The first kappa shape index (κ1) is 6.85. The molecule has 1 N–H and O–H groups in total. The molecule has 2 aliphatic rings. The molecule has 3 nitrogen and oxygen atoms in total. The van der Waals surface area contributed by atoms with E-state index in [4.69, 9.17) is 0 Å². The molecule has 1 heterocycles. The van der Waals surface area contributed by atoms with E-state index in [1.807, 2.05) is 0 Å². The summed E-state index contributed by atoms with van der Waals surface area (Å²) in [5, 5.41) is 10.1. The van der Waals surface area contributed by atoms with E-state index in [-0.39, 0.29) is 11.9 Å². The van der Waals surface area contributed by atoms with Gasteiger partial charge in [0, 0.05) is 6.42 Å². The number of fused-ring (bicyclic) bond motifs is 2. The molecule has 1 amide bonds. The molecule has 0 radical (unpaired) electrons. The SMILES string of the molecule is C=C1C2CCC1N(O)C(=O)C2. The molecule has 2 bridgehead atoms. The minimum atomic E-state index is -0.148. The van der Waals surface area contributed by atoms with Crippen molar-refractivity contribution in [3.8, 4) is 0 Å². The lowest BCUT2D eigenvalue weighted by atomic mass is 9.95. The van der Waals surface area contributed by atoms with E-state index in [0.717, 1.165) is 23.5 Å². The number of amides is 1. The third-order valence-corrected chi connectivity index (χ3v) is 2.71. The molecule has 0 aromatic rings. The zero-order valence-corrected chi connectivity index (χ0v) is 6.29. The molecule has 3 heteroatoms. The van der Waals surface area contributed by atoms with Crippen LogP contribution in [0.4, 0.5) is 0 Å². The molecule has 11 heavy (non-hydrogen) atoms. The molecule has 0 aromatic carbocycles. The van der Waals surface area contributed by atoms with Gasteiger partial charge in [-0.2, -0.15) is 0 Å². The molecule has 0 spiro atoms. The summed E-state index contributed by atoms with van der Waals surface area (Å²) < 4.78 is 0. The van der Waals surface area contributed by atoms with Gasteiger partial charge < -0.3 is 0 Å². The van der Waals surface area contributed by atoms with Gasteiger partial charge in [-0.05, 0) is 24.3 Å². The molecule has 1 saturated carbocycles. The van der Waals surface area contributed by atoms with Gasteiger partial charge in [-0.3, -0.25) is 10.0 Å². The highest BCUT2D eigenvalue weighted by Gasteiger charge is 2.41. The average molecular weight is 153 g/mol. The van der Waals surface area contributed by atoms with Crippen LogP contribution in [0.1, 0.15) is 19.3 Å². The summed E-state index contributed by atoms with van der Waals surface area (Å²) in [6, 6.07) is -0.0822. The summed E-state index contributed by atoms with van der Waals surface area (Å²) in [4.78, 5) is 11.0. The van der Waals surface area contributed by atoms with Gasteiger partial charge in [-0.25, -0.2) is 5.06 Å². The fourth-order valence-electron chi connectivity index (χ4n) is 1.99. The number of hydrogen-bond donors (Lipinski definition) is 1. The van der Waals surface area contributed by atoms with Crippen LogP contribution < -0.4 is 0 Å². The van der Waals surface area contributed by atoms with Gasteiger partial charge >= 0.3 is 0 Å². The first-order chi connectivity index (χ1) is 5.20. The van der Waals surface area contributed by atoms with Gasteiger partial charge in [0.2, 0.25) is 5.91 Å². The number of hydroxylamine groups is 2. The highest BCUT2D eigenvalue weighted by Crippen LogP contribution is 2.39. The van der Waals surface area contributed by atoms with Crippen molar-refractivity contribution >= 4 is 5.91 Å². The van der Waals surface area contributed by atoms with Crippen molar-refractivity contribution in [3.05, 3.63) is 12.2 Å².